The Labute approximate surface area is 199 Å². The first-order valence-electron chi connectivity index (χ1n) is 10.1. The second-order valence-corrected chi connectivity index (χ2v) is 7.94. The predicted octanol–water partition coefficient (Wildman–Crippen LogP) is 4.92. The first-order valence-corrected chi connectivity index (χ1v) is 10.9. The van der Waals surface area contributed by atoms with E-state index in [1.54, 1.807) is 0 Å². The van der Waals surface area contributed by atoms with Crippen molar-refractivity contribution in [3.63, 3.8) is 0 Å². The molecule has 2 N–H and O–H groups in total. The maximum Gasteiger partial charge on any atom is 0.287 e. The van der Waals surface area contributed by atoms with Crippen molar-refractivity contribution in [2.24, 2.45) is 0 Å². The van der Waals surface area contributed by atoms with Gasteiger partial charge >= 0.3 is 0 Å². The summed E-state index contributed by atoms with van der Waals surface area (Å²) in [6.45, 7) is 0.927. The molecule has 33 heavy (non-hydrogen) atoms. The SMILES string of the molecule is O=C(NCCCCCCCNC(=O)c1ccc([N+](=O)[O-])c(Cl)c1)c1ccc([N+](=O)[O-])c(Cl)c1. The van der Waals surface area contributed by atoms with Gasteiger partial charge in [0.15, 0.2) is 0 Å². The summed E-state index contributed by atoms with van der Waals surface area (Å²) in [6.07, 6.45) is 4.21. The first-order chi connectivity index (χ1) is 15.7. The molecule has 0 aromatic heterocycles. The summed E-state index contributed by atoms with van der Waals surface area (Å²) in [7, 11) is 0. The van der Waals surface area contributed by atoms with Crippen molar-refractivity contribution in [1.82, 2.24) is 10.6 Å². The maximum absolute atomic E-state index is 12.1. The number of amides is 2. The molecule has 0 bridgehead atoms. The molecule has 0 unspecified atom stereocenters. The molecule has 2 aromatic carbocycles. The summed E-state index contributed by atoms with van der Waals surface area (Å²) in [4.78, 5) is 44.5. The third kappa shape index (κ3) is 7.99. The van der Waals surface area contributed by atoms with E-state index in [1.807, 2.05) is 0 Å². The lowest BCUT2D eigenvalue weighted by Crippen LogP contribution is -2.24. The molecule has 0 saturated heterocycles. The fourth-order valence-corrected chi connectivity index (χ4v) is 3.48. The van der Waals surface area contributed by atoms with Crippen molar-refractivity contribution < 1.29 is 19.4 Å². The van der Waals surface area contributed by atoms with E-state index < -0.39 is 9.85 Å². The van der Waals surface area contributed by atoms with Gasteiger partial charge in [-0.2, -0.15) is 0 Å². The smallest absolute Gasteiger partial charge is 0.287 e. The standard InChI is InChI=1S/C21H22Cl2N4O6/c22-16-12-14(6-8-18(16)26(30)31)20(28)24-10-4-2-1-3-5-11-25-21(29)15-7-9-19(27(32)33)17(23)13-15/h6-9,12-13H,1-5,10-11H2,(H,24,28)(H,25,29). The molecule has 176 valence electrons. The number of nitrogens with one attached hydrogen (secondary N) is 2. The van der Waals surface area contributed by atoms with Crippen molar-refractivity contribution in [2.75, 3.05) is 13.1 Å². The molecule has 2 amide bonds. The second-order valence-electron chi connectivity index (χ2n) is 7.13. The Morgan fingerprint density at radius 2 is 1.06 bits per heavy atom. The van der Waals surface area contributed by atoms with E-state index in [1.165, 1.54) is 36.4 Å². The van der Waals surface area contributed by atoms with E-state index >= 15 is 0 Å². The van der Waals surface area contributed by atoms with E-state index in [-0.39, 0.29) is 44.4 Å². The minimum Gasteiger partial charge on any atom is -0.352 e. The topological polar surface area (TPSA) is 144 Å². The van der Waals surface area contributed by atoms with E-state index in [4.69, 9.17) is 23.2 Å². The minimum atomic E-state index is -0.610. The zero-order chi connectivity index (χ0) is 24.4. The summed E-state index contributed by atoms with van der Waals surface area (Å²) in [5, 5.41) is 26.8. The molecule has 0 fully saturated rings. The number of nitrogens with zero attached hydrogens (tertiary/aromatic N) is 2. The lowest BCUT2D eigenvalue weighted by molar-refractivity contribution is -0.384. The normalized spacial score (nSPS) is 10.5. The highest BCUT2D eigenvalue weighted by atomic mass is 35.5. The van der Waals surface area contributed by atoms with Gasteiger partial charge in [0.1, 0.15) is 10.0 Å². The molecule has 12 heteroatoms. The lowest BCUT2D eigenvalue weighted by atomic mass is 10.1. The van der Waals surface area contributed by atoms with Crippen LogP contribution in [-0.4, -0.2) is 34.8 Å². The Kier molecular flexibility index (Phi) is 10.0. The monoisotopic (exact) mass is 496 g/mol. The zero-order valence-corrected chi connectivity index (χ0v) is 19.0. The van der Waals surface area contributed by atoms with Gasteiger partial charge in [-0.3, -0.25) is 29.8 Å². The number of nitro benzene ring substituents is 2. The van der Waals surface area contributed by atoms with Crippen LogP contribution in [0.15, 0.2) is 36.4 Å². The second kappa shape index (κ2) is 12.7. The summed E-state index contributed by atoms with van der Waals surface area (Å²) in [5.41, 5.74) is 0.0215. The number of unbranched alkanes of at least 4 members (excludes halogenated alkanes) is 4. The first kappa shape index (κ1) is 26.0. The fraction of sp³-hybridized carbons (Fsp3) is 0.333. The van der Waals surface area contributed by atoms with Gasteiger partial charge in [0, 0.05) is 36.3 Å². The van der Waals surface area contributed by atoms with Crippen LogP contribution in [0.2, 0.25) is 10.0 Å². The van der Waals surface area contributed by atoms with Crippen molar-refractivity contribution >= 4 is 46.4 Å². The molecule has 0 saturated carbocycles. The average Bonchev–Trinajstić information content (AvgIpc) is 2.76. The molecular formula is C21H22Cl2N4O6. The van der Waals surface area contributed by atoms with Gasteiger partial charge in [-0.1, -0.05) is 42.5 Å². The minimum absolute atomic E-state index is 0.0867. The molecule has 0 aliphatic heterocycles. The molecule has 0 aliphatic carbocycles. The Balaban J connectivity index is 1.58. The highest BCUT2D eigenvalue weighted by molar-refractivity contribution is 6.33. The number of rotatable bonds is 12. The zero-order valence-electron chi connectivity index (χ0n) is 17.5. The predicted molar refractivity (Wildman–Crippen MR) is 124 cm³/mol. The van der Waals surface area contributed by atoms with Crippen LogP contribution in [0.3, 0.4) is 0 Å². The van der Waals surface area contributed by atoms with E-state index in [0.717, 1.165) is 32.1 Å². The number of nitro groups is 2. The van der Waals surface area contributed by atoms with Crippen LogP contribution in [0.1, 0.15) is 52.8 Å². The quantitative estimate of drug-likeness (QED) is 0.242. The number of hydrogen-bond acceptors (Lipinski definition) is 6. The maximum atomic E-state index is 12.1. The highest BCUT2D eigenvalue weighted by Crippen LogP contribution is 2.25. The Morgan fingerprint density at radius 3 is 1.39 bits per heavy atom. The van der Waals surface area contributed by atoms with Gasteiger partial charge in [0.2, 0.25) is 0 Å². The molecular weight excluding hydrogens is 475 g/mol. The summed E-state index contributed by atoms with van der Waals surface area (Å²) >= 11 is 11.6. The summed E-state index contributed by atoms with van der Waals surface area (Å²) in [5.74, 6) is -0.693. The van der Waals surface area contributed by atoms with Gasteiger partial charge in [-0.05, 0) is 37.1 Å². The Hall–Kier alpha value is -3.24. The molecule has 0 radical (unpaired) electrons. The van der Waals surface area contributed by atoms with Crippen LogP contribution in [0, 0.1) is 20.2 Å². The van der Waals surface area contributed by atoms with E-state index in [9.17, 15) is 29.8 Å². The van der Waals surface area contributed by atoms with Gasteiger partial charge in [0.25, 0.3) is 23.2 Å². The Bertz CT molecular complexity index is 966. The number of hydrogen-bond donors (Lipinski definition) is 2. The highest BCUT2D eigenvalue weighted by Gasteiger charge is 2.16. The van der Waals surface area contributed by atoms with Crippen LogP contribution in [0.25, 0.3) is 0 Å². The number of benzene rings is 2. The Morgan fingerprint density at radius 1 is 0.697 bits per heavy atom. The summed E-state index contributed by atoms with van der Waals surface area (Å²) < 4.78 is 0. The van der Waals surface area contributed by atoms with Gasteiger partial charge in [-0.25, -0.2) is 0 Å². The van der Waals surface area contributed by atoms with Crippen LogP contribution in [0.5, 0.6) is 0 Å². The van der Waals surface area contributed by atoms with Crippen LogP contribution in [0.4, 0.5) is 11.4 Å². The summed E-state index contributed by atoms with van der Waals surface area (Å²) in [6, 6.07) is 7.66. The van der Waals surface area contributed by atoms with Crippen molar-refractivity contribution in [1.29, 1.82) is 0 Å². The van der Waals surface area contributed by atoms with Crippen molar-refractivity contribution in [3.8, 4) is 0 Å². The van der Waals surface area contributed by atoms with Crippen LogP contribution in [-0.2, 0) is 0 Å². The van der Waals surface area contributed by atoms with Crippen molar-refractivity contribution in [2.45, 2.75) is 32.1 Å². The van der Waals surface area contributed by atoms with Crippen molar-refractivity contribution in [3.05, 3.63) is 77.8 Å². The molecule has 0 spiro atoms. The molecule has 0 aliphatic rings. The lowest BCUT2D eigenvalue weighted by Gasteiger charge is -2.07. The largest absolute Gasteiger partial charge is 0.352 e. The molecule has 0 atom stereocenters. The van der Waals surface area contributed by atoms with Gasteiger partial charge < -0.3 is 10.6 Å². The van der Waals surface area contributed by atoms with E-state index in [2.05, 4.69) is 10.6 Å². The van der Waals surface area contributed by atoms with Gasteiger partial charge in [-0.15, -0.1) is 0 Å². The van der Waals surface area contributed by atoms with Gasteiger partial charge in [0.05, 0.1) is 9.85 Å². The molecule has 2 rings (SSSR count). The number of halogens is 2. The number of carbonyl (C=O) groups excluding carboxylic acids is 2. The van der Waals surface area contributed by atoms with Crippen LogP contribution >= 0.6 is 23.2 Å². The average molecular weight is 497 g/mol. The molecule has 2 aromatic rings. The molecule has 0 heterocycles. The third-order valence-electron chi connectivity index (χ3n) is 4.74. The van der Waals surface area contributed by atoms with E-state index in [0.29, 0.717) is 13.1 Å². The third-order valence-corrected chi connectivity index (χ3v) is 5.34. The molecule has 10 nitrogen and oxygen atoms in total. The number of carbonyl (C=O) groups is 2. The van der Waals surface area contributed by atoms with Crippen LogP contribution < -0.4 is 10.6 Å². The fourth-order valence-electron chi connectivity index (χ4n) is 2.98.